The predicted octanol–water partition coefficient (Wildman–Crippen LogP) is 3.05. The minimum Gasteiger partial charge on any atom is -0.322 e. The van der Waals surface area contributed by atoms with Gasteiger partial charge in [-0.15, -0.1) is 0 Å². The summed E-state index contributed by atoms with van der Waals surface area (Å²) >= 11 is 0. The van der Waals surface area contributed by atoms with E-state index in [4.69, 9.17) is 5.26 Å². The Kier molecular flexibility index (Phi) is 5.26. The zero-order valence-corrected chi connectivity index (χ0v) is 13.8. The molecule has 0 bridgehead atoms. The number of rotatable bonds is 3. The second kappa shape index (κ2) is 7.77. The van der Waals surface area contributed by atoms with Gasteiger partial charge in [0.25, 0.3) is 0 Å². The maximum atomic E-state index is 13.7. The molecule has 2 amide bonds. The van der Waals surface area contributed by atoms with Gasteiger partial charge in [-0.2, -0.15) is 5.26 Å². The highest BCUT2D eigenvalue weighted by molar-refractivity contribution is 5.90. The van der Waals surface area contributed by atoms with Crippen molar-refractivity contribution in [1.29, 1.82) is 5.26 Å². The van der Waals surface area contributed by atoms with Crippen molar-refractivity contribution < 1.29 is 9.18 Å². The van der Waals surface area contributed by atoms with Gasteiger partial charge in [0.15, 0.2) is 0 Å². The topological polar surface area (TPSA) is 59.4 Å². The van der Waals surface area contributed by atoms with E-state index in [-0.39, 0.29) is 11.8 Å². The van der Waals surface area contributed by atoms with Crippen molar-refractivity contribution in [3.8, 4) is 6.07 Å². The lowest BCUT2D eigenvalue weighted by Crippen LogP contribution is -2.49. The molecule has 1 aliphatic heterocycles. The molecule has 0 atom stereocenters. The van der Waals surface area contributed by atoms with Crippen LogP contribution in [0.2, 0.25) is 0 Å². The maximum absolute atomic E-state index is 13.7. The van der Waals surface area contributed by atoms with Crippen molar-refractivity contribution in [2.24, 2.45) is 0 Å². The summed E-state index contributed by atoms with van der Waals surface area (Å²) in [6.07, 6.45) is 0. The zero-order valence-electron chi connectivity index (χ0n) is 13.8. The van der Waals surface area contributed by atoms with Gasteiger partial charge in [0.1, 0.15) is 11.9 Å². The number of carbonyl (C=O) groups is 1. The molecule has 0 aliphatic carbocycles. The van der Waals surface area contributed by atoms with Gasteiger partial charge in [-0.05, 0) is 18.2 Å². The van der Waals surface area contributed by atoms with E-state index in [0.717, 1.165) is 0 Å². The summed E-state index contributed by atoms with van der Waals surface area (Å²) in [6, 6.07) is 15.5. The highest BCUT2D eigenvalue weighted by atomic mass is 19.1. The van der Waals surface area contributed by atoms with E-state index in [0.29, 0.717) is 49.5 Å². The first-order chi connectivity index (χ1) is 12.2. The second-order valence-corrected chi connectivity index (χ2v) is 5.94. The van der Waals surface area contributed by atoms with Crippen LogP contribution in [-0.4, -0.2) is 42.0 Å². The fourth-order valence-electron chi connectivity index (χ4n) is 2.86. The monoisotopic (exact) mass is 338 g/mol. The number of anilines is 1. The molecule has 0 spiro atoms. The van der Waals surface area contributed by atoms with Crippen molar-refractivity contribution in [2.75, 3.05) is 31.5 Å². The Hall–Kier alpha value is -2.91. The summed E-state index contributed by atoms with van der Waals surface area (Å²) in [4.78, 5) is 16.2. The number of halogens is 1. The number of hydrogen-bond acceptors (Lipinski definition) is 3. The van der Waals surface area contributed by atoms with Crippen molar-refractivity contribution in [3.05, 3.63) is 65.5 Å². The smallest absolute Gasteiger partial charge is 0.321 e. The molecule has 0 saturated carbocycles. The van der Waals surface area contributed by atoms with Crippen molar-refractivity contribution in [2.45, 2.75) is 6.54 Å². The van der Waals surface area contributed by atoms with E-state index in [2.05, 4.69) is 16.3 Å². The Morgan fingerprint density at radius 3 is 2.48 bits per heavy atom. The standard InChI is InChI=1S/C19H19FN4O/c20-17-7-3-1-6-16(17)14-23-9-11-24(12-10-23)19(25)22-18-8-4-2-5-15(18)13-21/h1-8H,9-12,14H2,(H,22,25). The van der Waals surface area contributed by atoms with E-state index in [1.807, 2.05) is 6.07 Å². The Morgan fingerprint density at radius 1 is 1.08 bits per heavy atom. The molecule has 1 heterocycles. The summed E-state index contributed by atoms with van der Waals surface area (Å²) in [7, 11) is 0. The quantitative estimate of drug-likeness (QED) is 0.936. The molecule has 1 N–H and O–H groups in total. The molecule has 25 heavy (non-hydrogen) atoms. The lowest BCUT2D eigenvalue weighted by atomic mass is 10.2. The van der Waals surface area contributed by atoms with Gasteiger partial charge in [-0.25, -0.2) is 9.18 Å². The number of nitriles is 1. The van der Waals surface area contributed by atoms with E-state index in [9.17, 15) is 9.18 Å². The molecule has 2 aromatic carbocycles. The normalized spacial score (nSPS) is 14.8. The molecule has 1 saturated heterocycles. The first-order valence-corrected chi connectivity index (χ1v) is 8.18. The Bertz CT molecular complexity index is 794. The molecule has 0 unspecified atom stereocenters. The fourth-order valence-corrected chi connectivity index (χ4v) is 2.86. The molecule has 0 radical (unpaired) electrons. The summed E-state index contributed by atoms with van der Waals surface area (Å²) < 4.78 is 13.7. The molecule has 128 valence electrons. The van der Waals surface area contributed by atoms with Crippen LogP contribution in [0.25, 0.3) is 0 Å². The Balaban J connectivity index is 1.54. The number of urea groups is 1. The number of para-hydroxylation sites is 1. The highest BCUT2D eigenvalue weighted by Gasteiger charge is 2.22. The molecule has 1 aliphatic rings. The van der Waals surface area contributed by atoms with Gasteiger partial charge in [0, 0.05) is 38.3 Å². The molecule has 1 fully saturated rings. The van der Waals surface area contributed by atoms with Crippen LogP contribution in [-0.2, 0) is 6.54 Å². The molecular weight excluding hydrogens is 319 g/mol. The molecule has 0 aromatic heterocycles. The summed E-state index contributed by atoms with van der Waals surface area (Å²) in [5.41, 5.74) is 1.63. The minimum atomic E-state index is -0.215. The minimum absolute atomic E-state index is 0.198. The number of nitrogens with one attached hydrogen (secondary N) is 1. The zero-order chi connectivity index (χ0) is 17.6. The van der Waals surface area contributed by atoms with Crippen molar-refractivity contribution >= 4 is 11.7 Å². The van der Waals surface area contributed by atoms with Crippen LogP contribution in [0.1, 0.15) is 11.1 Å². The van der Waals surface area contributed by atoms with E-state index >= 15 is 0 Å². The van der Waals surface area contributed by atoms with Crippen LogP contribution in [0.4, 0.5) is 14.9 Å². The predicted molar refractivity (Wildman–Crippen MR) is 93.4 cm³/mol. The molecular formula is C19H19FN4O. The van der Waals surface area contributed by atoms with Crippen molar-refractivity contribution in [1.82, 2.24) is 9.80 Å². The van der Waals surface area contributed by atoms with Crippen LogP contribution in [0.15, 0.2) is 48.5 Å². The molecule has 3 rings (SSSR count). The number of hydrogen-bond donors (Lipinski definition) is 1. The number of amides is 2. The first kappa shape index (κ1) is 16.9. The van der Waals surface area contributed by atoms with Crippen LogP contribution < -0.4 is 5.32 Å². The Morgan fingerprint density at radius 2 is 1.76 bits per heavy atom. The number of nitrogens with zero attached hydrogens (tertiary/aromatic N) is 3. The van der Waals surface area contributed by atoms with Crippen molar-refractivity contribution in [3.63, 3.8) is 0 Å². The molecule has 2 aromatic rings. The lowest BCUT2D eigenvalue weighted by Gasteiger charge is -2.34. The largest absolute Gasteiger partial charge is 0.322 e. The average molecular weight is 338 g/mol. The lowest BCUT2D eigenvalue weighted by molar-refractivity contribution is 0.142. The van der Waals surface area contributed by atoms with E-state index in [1.165, 1.54) is 6.07 Å². The average Bonchev–Trinajstić information content (AvgIpc) is 2.64. The van der Waals surface area contributed by atoms with Crippen LogP contribution in [0, 0.1) is 17.1 Å². The van der Waals surface area contributed by atoms with Crippen LogP contribution in [0.5, 0.6) is 0 Å². The van der Waals surface area contributed by atoms with Gasteiger partial charge in [0.2, 0.25) is 0 Å². The summed E-state index contributed by atoms with van der Waals surface area (Å²) in [5.74, 6) is -0.198. The van der Waals surface area contributed by atoms with Gasteiger partial charge in [-0.1, -0.05) is 30.3 Å². The third-order valence-electron chi connectivity index (χ3n) is 4.30. The third-order valence-corrected chi connectivity index (χ3v) is 4.30. The van der Waals surface area contributed by atoms with Gasteiger partial charge in [-0.3, -0.25) is 4.90 Å². The number of carbonyl (C=O) groups excluding carboxylic acids is 1. The summed E-state index contributed by atoms with van der Waals surface area (Å²) in [6.45, 7) is 3.03. The molecule has 5 nitrogen and oxygen atoms in total. The maximum Gasteiger partial charge on any atom is 0.321 e. The number of benzene rings is 2. The van der Waals surface area contributed by atoms with Gasteiger partial charge < -0.3 is 10.2 Å². The van der Waals surface area contributed by atoms with E-state index < -0.39 is 0 Å². The first-order valence-electron chi connectivity index (χ1n) is 8.18. The third kappa shape index (κ3) is 4.14. The fraction of sp³-hybridized carbons (Fsp3) is 0.263. The Labute approximate surface area is 146 Å². The highest BCUT2D eigenvalue weighted by Crippen LogP contribution is 2.16. The van der Waals surface area contributed by atoms with Gasteiger partial charge >= 0.3 is 6.03 Å². The number of piperazine rings is 1. The van der Waals surface area contributed by atoms with Crippen LogP contribution in [0.3, 0.4) is 0 Å². The van der Waals surface area contributed by atoms with Gasteiger partial charge in [0.05, 0.1) is 11.3 Å². The summed E-state index contributed by atoms with van der Waals surface area (Å²) in [5, 5.41) is 11.9. The molecule has 6 heteroatoms. The van der Waals surface area contributed by atoms with E-state index in [1.54, 1.807) is 41.3 Å². The second-order valence-electron chi connectivity index (χ2n) is 5.94. The SMILES string of the molecule is N#Cc1ccccc1NC(=O)N1CCN(Cc2ccccc2F)CC1. The van der Waals surface area contributed by atoms with Crippen LogP contribution >= 0.6 is 0 Å².